The lowest BCUT2D eigenvalue weighted by Gasteiger charge is -2.41. The zero-order valence-corrected chi connectivity index (χ0v) is 16.4. The fourth-order valence-electron chi connectivity index (χ4n) is 4.74. The molecule has 1 unspecified atom stereocenters. The molecule has 0 N–H and O–H groups in total. The minimum Gasteiger partial charge on any atom is -0.340 e. The molecule has 2 aliphatic heterocycles. The van der Waals surface area contributed by atoms with Crippen molar-refractivity contribution in [2.75, 3.05) is 19.6 Å². The molecule has 1 atom stereocenters. The number of aromatic nitrogens is 2. The fourth-order valence-corrected chi connectivity index (χ4v) is 4.74. The van der Waals surface area contributed by atoms with Gasteiger partial charge in [0.1, 0.15) is 5.65 Å². The minimum atomic E-state index is -0.245. The lowest BCUT2D eigenvalue weighted by Crippen LogP contribution is -2.52. The number of fused-ring (bicyclic) bond motifs is 1. The van der Waals surface area contributed by atoms with Gasteiger partial charge in [0.15, 0.2) is 0 Å². The molecule has 2 saturated heterocycles. The van der Waals surface area contributed by atoms with Gasteiger partial charge in [0.2, 0.25) is 5.91 Å². The maximum atomic E-state index is 13.1. The number of hydrogen-bond acceptors (Lipinski definition) is 4. The molecule has 0 saturated carbocycles. The Labute approximate surface area is 159 Å². The van der Waals surface area contributed by atoms with Crippen molar-refractivity contribution in [3.05, 3.63) is 46.0 Å². The van der Waals surface area contributed by atoms with Crippen LogP contribution < -0.4 is 5.56 Å². The van der Waals surface area contributed by atoms with Crippen LogP contribution in [0.25, 0.3) is 5.65 Å². The van der Waals surface area contributed by atoms with Gasteiger partial charge >= 0.3 is 0 Å². The first kappa shape index (κ1) is 18.2. The quantitative estimate of drug-likeness (QED) is 0.834. The monoisotopic (exact) mass is 368 g/mol. The first-order valence-electron chi connectivity index (χ1n) is 9.91. The number of hydrogen-bond donors (Lipinski definition) is 0. The van der Waals surface area contributed by atoms with E-state index in [-0.39, 0.29) is 17.0 Å². The molecular formula is C21H28N4O2. The topological polar surface area (TPSA) is 57.9 Å². The summed E-state index contributed by atoms with van der Waals surface area (Å²) < 4.78 is 1.64. The van der Waals surface area contributed by atoms with Gasteiger partial charge in [0.25, 0.3) is 5.56 Å². The molecule has 0 radical (unpaired) electrons. The van der Waals surface area contributed by atoms with E-state index in [1.54, 1.807) is 10.5 Å². The van der Waals surface area contributed by atoms with Crippen LogP contribution in [-0.4, -0.2) is 50.8 Å². The predicted octanol–water partition coefficient (Wildman–Crippen LogP) is 2.23. The Morgan fingerprint density at radius 3 is 2.78 bits per heavy atom. The molecule has 2 aromatic rings. The molecule has 2 fully saturated rings. The zero-order valence-electron chi connectivity index (χ0n) is 16.4. The van der Waals surface area contributed by atoms with Gasteiger partial charge in [-0.1, -0.05) is 6.07 Å². The van der Waals surface area contributed by atoms with Crippen LogP contribution in [0.5, 0.6) is 0 Å². The highest BCUT2D eigenvalue weighted by Crippen LogP contribution is 2.40. The summed E-state index contributed by atoms with van der Waals surface area (Å²) in [6.07, 6.45) is 2.95. The Morgan fingerprint density at radius 2 is 2.00 bits per heavy atom. The molecule has 0 bridgehead atoms. The molecule has 6 nitrogen and oxygen atoms in total. The number of carbonyl (C=O) groups is 1. The molecule has 2 aliphatic rings. The third-order valence-corrected chi connectivity index (χ3v) is 6.14. The molecule has 1 spiro atoms. The number of piperidine rings is 1. The van der Waals surface area contributed by atoms with Crippen molar-refractivity contribution in [1.29, 1.82) is 0 Å². The van der Waals surface area contributed by atoms with Gasteiger partial charge in [0.05, 0.1) is 11.1 Å². The van der Waals surface area contributed by atoms with Gasteiger partial charge in [-0.2, -0.15) is 0 Å². The Kier molecular flexibility index (Phi) is 4.54. The Hall–Kier alpha value is -2.21. The Bertz CT molecular complexity index is 935. The van der Waals surface area contributed by atoms with E-state index in [1.165, 1.54) is 0 Å². The average molecular weight is 368 g/mol. The maximum absolute atomic E-state index is 13.1. The normalized spacial score (nSPS) is 23.9. The van der Waals surface area contributed by atoms with E-state index in [1.807, 2.05) is 30.0 Å². The highest BCUT2D eigenvalue weighted by Gasteiger charge is 2.48. The van der Waals surface area contributed by atoms with Gasteiger partial charge in [-0.3, -0.25) is 18.9 Å². The van der Waals surface area contributed by atoms with E-state index in [4.69, 9.17) is 0 Å². The van der Waals surface area contributed by atoms with E-state index in [9.17, 15) is 9.59 Å². The third kappa shape index (κ3) is 3.16. The van der Waals surface area contributed by atoms with E-state index in [2.05, 4.69) is 23.7 Å². The molecule has 144 valence electrons. The average Bonchev–Trinajstić information content (AvgIpc) is 3.00. The van der Waals surface area contributed by atoms with Crippen LogP contribution in [-0.2, 0) is 11.3 Å². The van der Waals surface area contributed by atoms with Crippen LogP contribution in [0, 0.1) is 12.3 Å². The van der Waals surface area contributed by atoms with Gasteiger partial charge < -0.3 is 4.90 Å². The van der Waals surface area contributed by atoms with Crippen LogP contribution in [0.1, 0.15) is 44.5 Å². The number of rotatable bonds is 3. The summed E-state index contributed by atoms with van der Waals surface area (Å²) in [6, 6.07) is 7.60. The van der Waals surface area contributed by atoms with Crippen molar-refractivity contribution in [2.24, 2.45) is 5.41 Å². The second-order valence-electron chi connectivity index (χ2n) is 8.38. The first-order chi connectivity index (χ1) is 12.9. The summed E-state index contributed by atoms with van der Waals surface area (Å²) in [5, 5.41) is 0. The fraction of sp³-hybridized carbons (Fsp3) is 0.571. The summed E-state index contributed by atoms with van der Waals surface area (Å²) in [7, 11) is 0. The molecule has 0 aromatic carbocycles. The van der Waals surface area contributed by atoms with Crippen molar-refractivity contribution in [3.63, 3.8) is 0 Å². The van der Waals surface area contributed by atoms with Gasteiger partial charge in [-0.15, -0.1) is 0 Å². The van der Waals surface area contributed by atoms with Crippen LogP contribution in [0.4, 0.5) is 0 Å². The summed E-state index contributed by atoms with van der Waals surface area (Å²) in [5.74, 6) is 0.313. The molecule has 27 heavy (non-hydrogen) atoms. The number of aryl methyl sites for hydroxylation is 1. The highest BCUT2D eigenvalue weighted by atomic mass is 16.2. The maximum Gasteiger partial charge on any atom is 0.258 e. The van der Waals surface area contributed by atoms with E-state index in [0.29, 0.717) is 18.1 Å². The minimum absolute atomic E-state index is 0.0401. The Balaban J connectivity index is 1.54. The SMILES string of the molecule is Cc1cccc2nc(CN3CCC4(CCCN(C(C)C)C4=O)C3)cc(=O)n12. The molecule has 1 amide bonds. The largest absolute Gasteiger partial charge is 0.340 e. The summed E-state index contributed by atoms with van der Waals surface area (Å²) in [4.78, 5) is 34.6. The van der Waals surface area contributed by atoms with E-state index >= 15 is 0 Å². The molecule has 0 aliphatic carbocycles. The zero-order chi connectivity index (χ0) is 19.2. The summed E-state index contributed by atoms with van der Waals surface area (Å²) in [5.41, 5.74) is 2.07. The summed E-state index contributed by atoms with van der Waals surface area (Å²) >= 11 is 0. The smallest absolute Gasteiger partial charge is 0.258 e. The number of pyridine rings is 1. The van der Waals surface area contributed by atoms with Crippen LogP contribution in [0.15, 0.2) is 29.1 Å². The van der Waals surface area contributed by atoms with Crippen molar-refractivity contribution < 1.29 is 4.79 Å². The molecular weight excluding hydrogens is 340 g/mol. The van der Waals surface area contributed by atoms with Crippen LogP contribution >= 0.6 is 0 Å². The lowest BCUT2D eigenvalue weighted by atomic mass is 9.78. The molecule has 4 heterocycles. The third-order valence-electron chi connectivity index (χ3n) is 6.14. The number of likely N-dealkylation sites (tertiary alicyclic amines) is 2. The number of nitrogens with zero attached hydrogens (tertiary/aromatic N) is 4. The van der Waals surface area contributed by atoms with Gasteiger partial charge in [-0.05, 0) is 58.7 Å². The predicted molar refractivity (Wildman–Crippen MR) is 105 cm³/mol. The molecule has 4 rings (SSSR count). The van der Waals surface area contributed by atoms with Crippen LogP contribution in [0.2, 0.25) is 0 Å². The van der Waals surface area contributed by atoms with Crippen LogP contribution in [0.3, 0.4) is 0 Å². The van der Waals surface area contributed by atoms with Crippen molar-refractivity contribution in [3.8, 4) is 0 Å². The highest BCUT2D eigenvalue weighted by molar-refractivity contribution is 5.84. The Morgan fingerprint density at radius 1 is 1.19 bits per heavy atom. The standard InChI is InChI=1S/C21H28N4O2/c1-15(2)24-10-5-8-21(20(24)27)9-11-23(14-21)13-17-12-19(26)25-16(3)6-4-7-18(25)22-17/h4,6-7,12,15H,5,8-11,13-14H2,1-3H3. The summed E-state index contributed by atoms with van der Waals surface area (Å²) in [6.45, 7) is 9.25. The second kappa shape index (κ2) is 6.75. The van der Waals surface area contributed by atoms with Gasteiger partial charge in [0, 0.05) is 37.4 Å². The lowest BCUT2D eigenvalue weighted by molar-refractivity contribution is -0.147. The number of amides is 1. The first-order valence-corrected chi connectivity index (χ1v) is 9.91. The van der Waals surface area contributed by atoms with Crippen molar-refractivity contribution in [2.45, 2.75) is 52.6 Å². The second-order valence-corrected chi connectivity index (χ2v) is 8.38. The molecule has 2 aromatic heterocycles. The van der Waals surface area contributed by atoms with Gasteiger partial charge in [-0.25, -0.2) is 4.98 Å². The van der Waals surface area contributed by atoms with Crippen molar-refractivity contribution >= 4 is 11.6 Å². The van der Waals surface area contributed by atoms with E-state index in [0.717, 1.165) is 50.3 Å². The van der Waals surface area contributed by atoms with E-state index < -0.39 is 0 Å². The van der Waals surface area contributed by atoms with Crippen molar-refractivity contribution in [1.82, 2.24) is 19.2 Å². The molecule has 6 heteroatoms. The number of carbonyl (C=O) groups excluding carboxylic acids is 1.